The van der Waals surface area contributed by atoms with Crippen molar-refractivity contribution >= 4 is 29.0 Å². The third kappa shape index (κ3) is 5.14. The molecule has 0 aliphatic heterocycles. The predicted molar refractivity (Wildman–Crippen MR) is 112 cm³/mol. The number of ketones is 1. The second-order valence-electron chi connectivity index (χ2n) is 7.38. The number of likely N-dealkylation sites (N-methyl/N-ethyl adjacent to an activating group) is 1. The van der Waals surface area contributed by atoms with E-state index in [0.717, 1.165) is 21.9 Å². The van der Waals surface area contributed by atoms with Crippen molar-refractivity contribution < 1.29 is 19.2 Å². The topological polar surface area (TPSA) is 64.8 Å². The number of aromatic nitrogens is 1. The SMILES string of the molecule is COc1ccc(Cl)cc1NC(=O)C[NH+](C)CC(=O)c1cc(C)n(C(C)C)c1C. The summed E-state index contributed by atoms with van der Waals surface area (Å²) in [6, 6.07) is 7.26. The number of hydrogen-bond acceptors (Lipinski definition) is 3. The number of Topliss-reactive ketones (excluding diaryl/α,β-unsaturated/α-hetero) is 1. The smallest absolute Gasteiger partial charge is 0.279 e. The third-order valence-corrected chi connectivity index (χ3v) is 4.90. The van der Waals surface area contributed by atoms with Crippen LogP contribution in [0.25, 0.3) is 0 Å². The van der Waals surface area contributed by atoms with Gasteiger partial charge in [-0.2, -0.15) is 0 Å². The lowest BCUT2D eigenvalue weighted by Gasteiger charge is -2.15. The lowest BCUT2D eigenvalue weighted by atomic mass is 10.1. The summed E-state index contributed by atoms with van der Waals surface area (Å²) >= 11 is 5.99. The molecule has 2 rings (SSSR count). The maximum Gasteiger partial charge on any atom is 0.279 e. The van der Waals surface area contributed by atoms with Crippen molar-refractivity contribution in [2.45, 2.75) is 33.7 Å². The number of carbonyl (C=O) groups excluding carboxylic acids is 2. The Morgan fingerprint density at radius 2 is 1.89 bits per heavy atom. The Balaban J connectivity index is 2.01. The number of carbonyl (C=O) groups is 2. The minimum Gasteiger partial charge on any atom is -0.495 e. The van der Waals surface area contributed by atoms with E-state index in [-0.39, 0.29) is 24.8 Å². The summed E-state index contributed by atoms with van der Waals surface area (Å²) < 4.78 is 7.39. The summed E-state index contributed by atoms with van der Waals surface area (Å²) in [5.74, 6) is 0.358. The lowest BCUT2D eigenvalue weighted by molar-refractivity contribution is -0.861. The average Bonchev–Trinajstić information content (AvgIpc) is 2.89. The Hall–Kier alpha value is -2.31. The van der Waals surface area contributed by atoms with Crippen LogP contribution in [0, 0.1) is 13.8 Å². The number of quaternary nitrogens is 1. The first-order chi connectivity index (χ1) is 13.1. The molecule has 1 unspecified atom stereocenters. The molecule has 0 saturated heterocycles. The quantitative estimate of drug-likeness (QED) is 0.662. The van der Waals surface area contributed by atoms with Gasteiger partial charge in [0, 0.05) is 28.0 Å². The number of ether oxygens (including phenoxy) is 1. The summed E-state index contributed by atoms with van der Waals surface area (Å²) in [7, 11) is 3.36. The van der Waals surface area contributed by atoms with Crippen LogP contribution in [0.5, 0.6) is 5.75 Å². The second-order valence-corrected chi connectivity index (χ2v) is 7.81. The Bertz CT molecular complexity index is 874. The van der Waals surface area contributed by atoms with Crippen LogP contribution in [-0.2, 0) is 4.79 Å². The van der Waals surface area contributed by atoms with E-state index in [0.29, 0.717) is 22.5 Å². The van der Waals surface area contributed by atoms with Crippen LogP contribution < -0.4 is 15.0 Å². The maximum atomic E-state index is 12.7. The molecule has 0 fully saturated rings. The van der Waals surface area contributed by atoms with E-state index in [1.54, 1.807) is 18.2 Å². The molecule has 0 saturated carbocycles. The highest BCUT2D eigenvalue weighted by molar-refractivity contribution is 6.31. The fourth-order valence-corrected chi connectivity index (χ4v) is 3.70. The zero-order chi connectivity index (χ0) is 21.0. The van der Waals surface area contributed by atoms with Crippen molar-refractivity contribution in [3.8, 4) is 5.75 Å². The number of nitrogens with zero attached hydrogens (tertiary/aromatic N) is 1. The first kappa shape index (κ1) is 22.0. The molecule has 1 atom stereocenters. The molecule has 0 aliphatic carbocycles. The highest BCUT2D eigenvalue weighted by Gasteiger charge is 2.21. The van der Waals surface area contributed by atoms with Gasteiger partial charge in [-0.1, -0.05) is 11.6 Å². The van der Waals surface area contributed by atoms with E-state index in [4.69, 9.17) is 16.3 Å². The molecule has 1 heterocycles. The van der Waals surface area contributed by atoms with Crippen LogP contribution >= 0.6 is 11.6 Å². The van der Waals surface area contributed by atoms with Crippen LogP contribution in [0.4, 0.5) is 5.69 Å². The van der Waals surface area contributed by atoms with Gasteiger partial charge in [0.25, 0.3) is 5.91 Å². The molecule has 28 heavy (non-hydrogen) atoms. The Kier molecular flexibility index (Phi) is 7.27. The lowest BCUT2D eigenvalue weighted by Crippen LogP contribution is -3.11. The van der Waals surface area contributed by atoms with Gasteiger partial charge in [-0.15, -0.1) is 0 Å². The van der Waals surface area contributed by atoms with Gasteiger partial charge in [-0.25, -0.2) is 0 Å². The van der Waals surface area contributed by atoms with Crippen molar-refractivity contribution in [3.63, 3.8) is 0 Å². The Morgan fingerprint density at radius 1 is 1.21 bits per heavy atom. The van der Waals surface area contributed by atoms with Gasteiger partial charge in [-0.05, 0) is 52.0 Å². The number of amides is 1. The molecule has 2 N–H and O–H groups in total. The monoisotopic (exact) mass is 406 g/mol. The van der Waals surface area contributed by atoms with Gasteiger partial charge in [0.2, 0.25) is 5.78 Å². The summed E-state index contributed by atoms with van der Waals surface area (Å²) in [5.41, 5.74) is 3.28. The number of benzene rings is 1. The summed E-state index contributed by atoms with van der Waals surface area (Å²) in [6.45, 7) is 8.56. The number of hydrogen-bond donors (Lipinski definition) is 2. The number of halogens is 1. The van der Waals surface area contributed by atoms with E-state index < -0.39 is 0 Å². The van der Waals surface area contributed by atoms with Gasteiger partial charge in [0.15, 0.2) is 6.54 Å². The molecule has 1 amide bonds. The number of rotatable bonds is 8. The first-order valence-corrected chi connectivity index (χ1v) is 9.68. The first-order valence-electron chi connectivity index (χ1n) is 9.30. The fraction of sp³-hybridized carbons (Fsp3) is 0.429. The molecule has 0 bridgehead atoms. The van der Waals surface area contributed by atoms with Crippen molar-refractivity contribution in [1.29, 1.82) is 0 Å². The molecular weight excluding hydrogens is 378 g/mol. The predicted octanol–water partition coefficient (Wildman–Crippen LogP) is 2.68. The zero-order valence-electron chi connectivity index (χ0n) is 17.4. The highest BCUT2D eigenvalue weighted by atomic mass is 35.5. The van der Waals surface area contributed by atoms with Gasteiger partial charge >= 0.3 is 0 Å². The summed E-state index contributed by atoms with van der Waals surface area (Å²) in [6.07, 6.45) is 0. The molecule has 0 aliphatic rings. The summed E-state index contributed by atoms with van der Waals surface area (Å²) in [4.78, 5) is 25.9. The molecule has 2 aromatic rings. The molecule has 1 aromatic heterocycles. The molecule has 152 valence electrons. The van der Waals surface area contributed by atoms with Crippen LogP contribution in [0.1, 0.15) is 41.6 Å². The third-order valence-electron chi connectivity index (χ3n) is 4.66. The van der Waals surface area contributed by atoms with Crippen molar-refractivity contribution in [2.75, 3.05) is 32.6 Å². The van der Waals surface area contributed by atoms with E-state index in [9.17, 15) is 9.59 Å². The van der Waals surface area contributed by atoms with E-state index in [1.165, 1.54) is 7.11 Å². The van der Waals surface area contributed by atoms with Gasteiger partial charge < -0.3 is 19.5 Å². The Labute approximate surface area is 171 Å². The highest BCUT2D eigenvalue weighted by Crippen LogP contribution is 2.27. The second kappa shape index (κ2) is 9.26. The van der Waals surface area contributed by atoms with Gasteiger partial charge in [0.05, 0.1) is 19.8 Å². The average molecular weight is 407 g/mol. The van der Waals surface area contributed by atoms with Crippen molar-refractivity contribution in [2.24, 2.45) is 0 Å². The standard InChI is InChI=1S/C21H28ClN3O3/c1-13(2)25-14(3)9-17(15(25)4)19(26)11-24(5)12-21(27)23-18-10-16(22)7-8-20(18)28-6/h7-10,13H,11-12H2,1-6H3,(H,23,27)/p+1. The van der Waals surface area contributed by atoms with Crippen molar-refractivity contribution in [1.82, 2.24) is 4.57 Å². The molecule has 6 nitrogen and oxygen atoms in total. The summed E-state index contributed by atoms with van der Waals surface area (Å²) in [5, 5.41) is 3.31. The van der Waals surface area contributed by atoms with Crippen LogP contribution in [0.2, 0.25) is 5.02 Å². The Morgan fingerprint density at radius 3 is 2.46 bits per heavy atom. The molecule has 0 spiro atoms. The van der Waals surface area contributed by atoms with E-state index in [2.05, 4.69) is 23.7 Å². The van der Waals surface area contributed by atoms with Crippen LogP contribution in [0.15, 0.2) is 24.3 Å². The number of aryl methyl sites for hydroxylation is 1. The zero-order valence-corrected chi connectivity index (χ0v) is 18.1. The molecule has 0 radical (unpaired) electrons. The van der Waals surface area contributed by atoms with E-state index in [1.807, 2.05) is 27.0 Å². The molecule has 7 heteroatoms. The minimum atomic E-state index is -0.210. The fourth-order valence-electron chi connectivity index (χ4n) is 3.53. The largest absolute Gasteiger partial charge is 0.495 e. The van der Waals surface area contributed by atoms with Crippen LogP contribution in [-0.4, -0.2) is 43.5 Å². The number of methoxy groups -OCH3 is 1. The van der Waals surface area contributed by atoms with E-state index >= 15 is 0 Å². The minimum absolute atomic E-state index is 0.0330. The van der Waals surface area contributed by atoms with Crippen LogP contribution in [0.3, 0.4) is 0 Å². The van der Waals surface area contributed by atoms with Crippen molar-refractivity contribution in [3.05, 3.63) is 46.2 Å². The molecule has 1 aromatic carbocycles. The normalized spacial score (nSPS) is 12.1. The molecular formula is C21H29ClN3O3+. The number of nitrogens with one attached hydrogen (secondary N) is 2. The maximum absolute atomic E-state index is 12.7. The van der Waals surface area contributed by atoms with Gasteiger partial charge in [0.1, 0.15) is 12.3 Å². The van der Waals surface area contributed by atoms with Gasteiger partial charge in [-0.3, -0.25) is 9.59 Å². The number of anilines is 1.